The van der Waals surface area contributed by atoms with Crippen LogP contribution in [0.15, 0.2) is 48.5 Å². The highest BCUT2D eigenvalue weighted by Gasteiger charge is 2.15. The third kappa shape index (κ3) is 5.82. The number of carbonyl (C=O) groups is 1. The van der Waals surface area contributed by atoms with Gasteiger partial charge in [-0.25, -0.2) is 0 Å². The van der Waals surface area contributed by atoms with E-state index in [1.54, 1.807) is 12.1 Å². The van der Waals surface area contributed by atoms with Crippen LogP contribution in [0.3, 0.4) is 0 Å². The lowest BCUT2D eigenvalue weighted by atomic mass is 10.2. The van der Waals surface area contributed by atoms with Crippen molar-refractivity contribution >= 4 is 52.5 Å². The van der Waals surface area contributed by atoms with E-state index in [2.05, 4.69) is 25.6 Å². The molecule has 7 nitrogen and oxygen atoms in total. The smallest absolute Gasteiger partial charge is 0.234 e. The Balaban J connectivity index is 1.62. The normalized spacial score (nSPS) is 11.7. The maximum Gasteiger partial charge on any atom is 0.234 e. The van der Waals surface area contributed by atoms with Crippen molar-refractivity contribution in [3.05, 3.63) is 64.9 Å². The number of benzene rings is 2. The van der Waals surface area contributed by atoms with Gasteiger partial charge >= 0.3 is 0 Å². The van der Waals surface area contributed by atoms with Crippen LogP contribution in [0, 0.1) is 6.92 Å². The quantitative estimate of drug-likeness (QED) is 0.505. The molecule has 0 radical (unpaired) electrons. The minimum absolute atomic E-state index is 0.125. The molecule has 0 fully saturated rings. The van der Waals surface area contributed by atoms with E-state index in [0.717, 1.165) is 11.3 Å². The van der Waals surface area contributed by atoms with Gasteiger partial charge in [0.1, 0.15) is 5.82 Å². The zero-order chi connectivity index (χ0) is 20.8. The molecule has 3 aromatic rings. The first-order valence-corrected chi connectivity index (χ1v) is 10.3. The average Bonchev–Trinajstić information content (AvgIpc) is 2.70. The molecule has 0 aliphatic carbocycles. The molecule has 0 aliphatic rings. The average molecular weight is 429 g/mol. The molecule has 150 valence electrons. The maximum atomic E-state index is 12.3. The Morgan fingerprint density at radius 1 is 1.14 bits per heavy atom. The molecular formula is C20H21ClN6OS. The molecule has 3 rings (SSSR count). The Morgan fingerprint density at radius 2 is 1.90 bits per heavy atom. The Kier molecular flexibility index (Phi) is 6.90. The lowest BCUT2D eigenvalue weighted by molar-refractivity contribution is -0.113. The highest BCUT2D eigenvalue weighted by molar-refractivity contribution is 8.00. The fourth-order valence-corrected chi connectivity index (χ4v) is 3.40. The van der Waals surface area contributed by atoms with Crippen molar-refractivity contribution in [1.82, 2.24) is 15.0 Å². The molecule has 4 N–H and O–H groups in total. The van der Waals surface area contributed by atoms with Crippen LogP contribution in [0.4, 0.5) is 23.3 Å². The van der Waals surface area contributed by atoms with Crippen LogP contribution in [0.5, 0.6) is 0 Å². The van der Waals surface area contributed by atoms with Gasteiger partial charge in [-0.3, -0.25) is 4.79 Å². The summed E-state index contributed by atoms with van der Waals surface area (Å²) in [6.07, 6.45) is 0. The van der Waals surface area contributed by atoms with Crippen molar-refractivity contribution in [2.24, 2.45) is 0 Å². The molecule has 0 saturated heterocycles. The summed E-state index contributed by atoms with van der Waals surface area (Å²) in [5.41, 5.74) is 8.22. The number of nitrogens with one attached hydrogen (secondary N) is 2. The highest BCUT2D eigenvalue weighted by Crippen LogP contribution is 2.28. The number of hydrogen-bond donors (Lipinski definition) is 3. The predicted molar refractivity (Wildman–Crippen MR) is 120 cm³/mol. The molecular weight excluding hydrogens is 408 g/mol. The molecule has 0 saturated carbocycles. The summed E-state index contributed by atoms with van der Waals surface area (Å²) in [5.74, 6) is 1.11. The monoisotopic (exact) mass is 428 g/mol. The second-order valence-corrected chi connectivity index (χ2v) is 8.02. The molecule has 1 heterocycles. The van der Waals surface area contributed by atoms with Gasteiger partial charge in [0.2, 0.25) is 17.8 Å². The number of thioether (sulfide) groups is 1. The number of nitrogen functional groups attached to an aromatic ring is 1. The first kappa shape index (κ1) is 20.9. The second kappa shape index (κ2) is 9.58. The van der Waals surface area contributed by atoms with Gasteiger partial charge in [0, 0.05) is 16.4 Å². The third-order valence-electron chi connectivity index (χ3n) is 4.07. The number of nitrogens with zero attached hydrogens (tertiary/aromatic N) is 3. The lowest BCUT2D eigenvalue weighted by Gasteiger charge is -2.13. The van der Waals surface area contributed by atoms with Crippen LogP contribution in [0.2, 0.25) is 5.02 Å². The molecule has 29 heavy (non-hydrogen) atoms. The van der Waals surface area contributed by atoms with Crippen molar-refractivity contribution in [3.63, 3.8) is 0 Å². The van der Waals surface area contributed by atoms with Crippen LogP contribution in [-0.4, -0.2) is 26.6 Å². The van der Waals surface area contributed by atoms with E-state index in [9.17, 15) is 4.79 Å². The van der Waals surface area contributed by atoms with Crippen LogP contribution < -0.4 is 16.4 Å². The maximum absolute atomic E-state index is 12.3. The summed E-state index contributed by atoms with van der Waals surface area (Å²) in [6.45, 7) is 3.78. The Hall–Kier alpha value is -2.84. The standard InChI is InChI=1S/C20H21ClN6OS/c1-12-15(21)9-6-10-16(12)24-17(28)11-29-13(2)18-25-19(22)27-20(26-18)23-14-7-4-3-5-8-14/h3-10,13H,11H2,1-2H3,(H,24,28)(H3,22,23,25,26,27). The van der Waals surface area contributed by atoms with E-state index in [0.29, 0.717) is 22.5 Å². The highest BCUT2D eigenvalue weighted by atomic mass is 35.5. The van der Waals surface area contributed by atoms with Crippen LogP contribution in [0.1, 0.15) is 23.6 Å². The van der Waals surface area contributed by atoms with Crippen molar-refractivity contribution in [2.75, 3.05) is 22.1 Å². The number of rotatable bonds is 7. The first-order valence-electron chi connectivity index (χ1n) is 8.92. The number of aromatic nitrogens is 3. The van der Waals surface area contributed by atoms with Crippen molar-refractivity contribution < 1.29 is 4.79 Å². The van der Waals surface area contributed by atoms with E-state index in [1.165, 1.54) is 11.8 Å². The third-order valence-corrected chi connectivity index (χ3v) is 5.62. The summed E-state index contributed by atoms with van der Waals surface area (Å²) < 4.78 is 0. The molecule has 1 unspecified atom stereocenters. The largest absolute Gasteiger partial charge is 0.368 e. The predicted octanol–water partition coefficient (Wildman–Crippen LogP) is 4.59. The zero-order valence-corrected chi connectivity index (χ0v) is 17.6. The van der Waals surface area contributed by atoms with E-state index >= 15 is 0 Å². The number of para-hydroxylation sites is 1. The van der Waals surface area contributed by atoms with Gasteiger partial charge in [-0.2, -0.15) is 15.0 Å². The summed E-state index contributed by atoms with van der Waals surface area (Å²) in [4.78, 5) is 25.1. The molecule has 0 spiro atoms. The molecule has 0 bridgehead atoms. The summed E-state index contributed by atoms with van der Waals surface area (Å²) >= 11 is 7.51. The summed E-state index contributed by atoms with van der Waals surface area (Å²) in [7, 11) is 0. The van der Waals surface area contributed by atoms with Gasteiger partial charge in [-0.05, 0) is 43.7 Å². The molecule has 9 heteroatoms. The zero-order valence-electron chi connectivity index (χ0n) is 16.0. The molecule has 1 atom stereocenters. The van der Waals surface area contributed by atoms with E-state index in [-0.39, 0.29) is 22.9 Å². The van der Waals surface area contributed by atoms with Crippen LogP contribution in [0.25, 0.3) is 0 Å². The molecule has 1 aromatic heterocycles. The van der Waals surface area contributed by atoms with Gasteiger partial charge in [0.05, 0.1) is 11.0 Å². The number of anilines is 4. The topological polar surface area (TPSA) is 106 Å². The lowest BCUT2D eigenvalue weighted by Crippen LogP contribution is -2.16. The van der Waals surface area contributed by atoms with Gasteiger partial charge in [-0.15, -0.1) is 11.8 Å². The fraction of sp³-hybridized carbons (Fsp3) is 0.200. The van der Waals surface area contributed by atoms with Gasteiger partial charge in [0.15, 0.2) is 0 Å². The number of carbonyl (C=O) groups excluding carboxylic acids is 1. The first-order chi connectivity index (χ1) is 13.9. The van der Waals surface area contributed by atoms with Gasteiger partial charge in [0.25, 0.3) is 0 Å². The minimum atomic E-state index is -0.150. The molecule has 2 aromatic carbocycles. The van der Waals surface area contributed by atoms with E-state index in [4.69, 9.17) is 17.3 Å². The van der Waals surface area contributed by atoms with Crippen molar-refractivity contribution in [1.29, 1.82) is 0 Å². The van der Waals surface area contributed by atoms with E-state index < -0.39 is 0 Å². The number of nitrogens with two attached hydrogens (primary N) is 1. The fourth-order valence-electron chi connectivity index (χ4n) is 2.50. The summed E-state index contributed by atoms with van der Waals surface area (Å²) in [6, 6.07) is 15.0. The number of halogens is 1. The summed E-state index contributed by atoms with van der Waals surface area (Å²) in [5, 5.41) is 6.45. The molecule has 0 aliphatic heterocycles. The van der Waals surface area contributed by atoms with E-state index in [1.807, 2.05) is 50.2 Å². The SMILES string of the molecule is Cc1c(Cl)cccc1NC(=O)CSC(C)c1nc(N)nc(Nc2ccccc2)n1. The number of hydrogen-bond acceptors (Lipinski definition) is 7. The molecule has 1 amide bonds. The van der Waals surface area contributed by atoms with Crippen LogP contribution in [-0.2, 0) is 4.79 Å². The Bertz CT molecular complexity index is 1000. The van der Waals surface area contributed by atoms with Crippen molar-refractivity contribution in [3.8, 4) is 0 Å². The van der Waals surface area contributed by atoms with Gasteiger partial charge in [-0.1, -0.05) is 35.9 Å². The van der Waals surface area contributed by atoms with Crippen molar-refractivity contribution in [2.45, 2.75) is 19.1 Å². The van der Waals surface area contributed by atoms with Crippen LogP contribution >= 0.6 is 23.4 Å². The Morgan fingerprint density at radius 3 is 2.66 bits per heavy atom. The Labute approximate surface area is 178 Å². The second-order valence-electron chi connectivity index (χ2n) is 6.28. The number of amides is 1. The van der Waals surface area contributed by atoms with Gasteiger partial charge < -0.3 is 16.4 Å². The minimum Gasteiger partial charge on any atom is -0.368 e.